The number of aryl methyl sites for hydroxylation is 1. The highest BCUT2D eigenvalue weighted by molar-refractivity contribution is 5.76. The van der Waals surface area contributed by atoms with E-state index in [2.05, 4.69) is 36.4 Å². The molecule has 0 aliphatic rings. The zero-order valence-electron chi connectivity index (χ0n) is 27.3. The van der Waals surface area contributed by atoms with Crippen molar-refractivity contribution < 1.29 is 14.3 Å². The van der Waals surface area contributed by atoms with Gasteiger partial charge in [-0.2, -0.15) is 0 Å². The van der Waals surface area contributed by atoms with Crippen LogP contribution in [-0.2, 0) is 27.4 Å². The third-order valence-electron chi connectivity index (χ3n) is 7.82. The van der Waals surface area contributed by atoms with Gasteiger partial charge in [0, 0.05) is 25.6 Å². The van der Waals surface area contributed by atoms with Gasteiger partial charge in [0.2, 0.25) is 5.91 Å². The summed E-state index contributed by atoms with van der Waals surface area (Å²) < 4.78 is 13.2. The number of amides is 1. The van der Waals surface area contributed by atoms with Gasteiger partial charge in [0.15, 0.2) is 0 Å². The monoisotopic (exact) mass is 579 g/mol. The van der Waals surface area contributed by atoms with Crippen molar-refractivity contribution in [3.05, 3.63) is 11.9 Å². The zero-order valence-corrected chi connectivity index (χ0v) is 27.3. The molecule has 1 heterocycles. The average molecular weight is 579 g/mol. The van der Waals surface area contributed by atoms with Gasteiger partial charge in [-0.25, -0.2) is 0 Å². The van der Waals surface area contributed by atoms with Crippen LogP contribution in [0.5, 0.6) is 0 Å². The molecule has 0 fully saturated rings. The molecule has 0 saturated heterocycles. The predicted octanol–water partition coefficient (Wildman–Crippen LogP) is 8.94. The van der Waals surface area contributed by atoms with Crippen molar-refractivity contribution >= 4 is 5.91 Å². The van der Waals surface area contributed by atoms with Crippen LogP contribution in [0.1, 0.15) is 168 Å². The number of carbonyl (C=O) groups excluding carboxylic acids is 1. The van der Waals surface area contributed by atoms with Crippen LogP contribution in [0.2, 0.25) is 0 Å². The molecule has 0 bridgehead atoms. The summed E-state index contributed by atoms with van der Waals surface area (Å²) in [6.07, 6.45) is 28.4. The highest BCUT2D eigenvalue weighted by atomic mass is 16.5. The van der Waals surface area contributed by atoms with E-state index in [1.807, 2.05) is 10.9 Å². The number of unbranched alkanes of at least 4 members (excludes halogenated alkanes) is 15. The summed E-state index contributed by atoms with van der Waals surface area (Å²) in [5.41, 5.74) is 0.857. The van der Waals surface area contributed by atoms with Gasteiger partial charge in [-0.05, 0) is 32.1 Å². The fourth-order valence-electron chi connectivity index (χ4n) is 5.21. The smallest absolute Gasteiger partial charge is 0.220 e. The lowest BCUT2D eigenvalue weighted by molar-refractivity contribution is -0.122. The highest BCUT2D eigenvalue weighted by Gasteiger charge is 2.12. The average Bonchev–Trinajstić information content (AvgIpc) is 3.42. The molecule has 0 saturated carbocycles. The molecule has 1 aromatic rings. The van der Waals surface area contributed by atoms with E-state index in [1.165, 1.54) is 96.3 Å². The first kappa shape index (κ1) is 37.6. The number of carbonyl (C=O) groups is 1. The van der Waals surface area contributed by atoms with Crippen LogP contribution in [0.3, 0.4) is 0 Å². The first-order valence-corrected chi connectivity index (χ1v) is 17.5. The lowest BCUT2D eigenvalue weighted by Crippen LogP contribution is -2.34. The van der Waals surface area contributed by atoms with Crippen LogP contribution >= 0.6 is 0 Å². The maximum atomic E-state index is 12.6. The van der Waals surface area contributed by atoms with E-state index in [9.17, 15) is 4.79 Å². The summed E-state index contributed by atoms with van der Waals surface area (Å²) in [6, 6.07) is 0.355. The first-order valence-electron chi connectivity index (χ1n) is 17.5. The van der Waals surface area contributed by atoms with Crippen molar-refractivity contribution in [1.29, 1.82) is 0 Å². The molecule has 1 rings (SSSR count). The Morgan fingerprint density at radius 2 is 1.27 bits per heavy atom. The quantitative estimate of drug-likeness (QED) is 0.0890. The second-order valence-corrected chi connectivity index (χ2v) is 11.9. The Morgan fingerprint density at radius 3 is 1.93 bits per heavy atom. The van der Waals surface area contributed by atoms with Gasteiger partial charge in [-0.3, -0.25) is 9.48 Å². The van der Waals surface area contributed by atoms with E-state index in [0.717, 1.165) is 57.4 Å². The number of ether oxygens (including phenoxy) is 2. The molecule has 0 radical (unpaired) electrons. The van der Waals surface area contributed by atoms with Crippen LogP contribution in [0.4, 0.5) is 0 Å². The molecule has 0 aromatic carbocycles. The van der Waals surface area contributed by atoms with Crippen LogP contribution in [0.25, 0.3) is 0 Å². The summed E-state index contributed by atoms with van der Waals surface area (Å²) in [4.78, 5) is 12.6. The van der Waals surface area contributed by atoms with Crippen LogP contribution in [-0.4, -0.2) is 46.8 Å². The lowest BCUT2D eigenvalue weighted by Gasteiger charge is -2.19. The molecule has 0 atom stereocenters. The van der Waals surface area contributed by atoms with Crippen molar-refractivity contribution in [2.45, 2.75) is 181 Å². The van der Waals surface area contributed by atoms with Crippen LogP contribution in [0, 0.1) is 0 Å². The maximum absolute atomic E-state index is 12.6. The molecule has 7 heteroatoms. The maximum Gasteiger partial charge on any atom is 0.220 e. The Hall–Kier alpha value is -1.47. The zero-order chi connectivity index (χ0) is 29.6. The number of nitrogens with zero attached hydrogens (tertiary/aromatic N) is 3. The van der Waals surface area contributed by atoms with Gasteiger partial charge < -0.3 is 14.8 Å². The summed E-state index contributed by atoms with van der Waals surface area (Å²) in [6.45, 7) is 10.1. The molecule has 0 aliphatic heterocycles. The number of nitrogens with one attached hydrogen (secondary N) is 1. The Labute approximate surface area is 253 Å². The van der Waals surface area contributed by atoms with Crippen LogP contribution in [0.15, 0.2) is 6.20 Å². The van der Waals surface area contributed by atoms with Gasteiger partial charge in [-0.1, -0.05) is 129 Å². The summed E-state index contributed by atoms with van der Waals surface area (Å²) in [5, 5.41) is 11.8. The minimum absolute atomic E-state index is 0.230. The largest absolute Gasteiger partial charge is 0.379 e. The lowest BCUT2D eigenvalue weighted by atomic mass is 10.00. The molecule has 1 aromatic heterocycles. The molecule has 240 valence electrons. The van der Waals surface area contributed by atoms with Crippen molar-refractivity contribution in [2.75, 3.05) is 19.8 Å². The third kappa shape index (κ3) is 23.7. The third-order valence-corrected chi connectivity index (χ3v) is 7.82. The fourth-order valence-corrected chi connectivity index (χ4v) is 5.21. The predicted molar refractivity (Wildman–Crippen MR) is 171 cm³/mol. The van der Waals surface area contributed by atoms with E-state index in [4.69, 9.17) is 9.47 Å². The van der Waals surface area contributed by atoms with E-state index in [1.54, 1.807) is 0 Å². The number of rotatable bonds is 31. The fraction of sp³-hybridized carbons (Fsp3) is 0.912. The number of aromatic nitrogens is 3. The summed E-state index contributed by atoms with van der Waals surface area (Å²) in [7, 11) is 0. The SMILES string of the molecule is CCCCCCCCOCCOCc1cn(CCCCCC(=O)NC(CCCCCCC)CCCCCCC)nn1. The molecule has 1 N–H and O–H groups in total. The van der Waals surface area contributed by atoms with E-state index >= 15 is 0 Å². The van der Waals surface area contributed by atoms with Gasteiger partial charge in [0.05, 0.1) is 26.0 Å². The molecule has 41 heavy (non-hydrogen) atoms. The molecular weight excluding hydrogens is 512 g/mol. The van der Waals surface area contributed by atoms with E-state index in [-0.39, 0.29) is 5.91 Å². The number of hydrogen-bond donors (Lipinski definition) is 1. The Bertz CT molecular complexity index is 683. The van der Waals surface area contributed by atoms with Gasteiger partial charge >= 0.3 is 0 Å². The second kappa shape index (κ2) is 28.6. The number of hydrogen-bond acceptors (Lipinski definition) is 5. The normalized spacial score (nSPS) is 11.5. The molecular formula is C34H66N4O3. The molecule has 1 amide bonds. The first-order chi connectivity index (χ1) is 20.2. The van der Waals surface area contributed by atoms with Crippen molar-refractivity contribution in [2.24, 2.45) is 0 Å². The van der Waals surface area contributed by atoms with Crippen molar-refractivity contribution in [3.8, 4) is 0 Å². The van der Waals surface area contributed by atoms with Crippen molar-refractivity contribution in [3.63, 3.8) is 0 Å². The molecule has 0 spiro atoms. The van der Waals surface area contributed by atoms with E-state index in [0.29, 0.717) is 32.3 Å². The van der Waals surface area contributed by atoms with E-state index < -0.39 is 0 Å². The summed E-state index contributed by atoms with van der Waals surface area (Å²) >= 11 is 0. The summed E-state index contributed by atoms with van der Waals surface area (Å²) in [5.74, 6) is 0.230. The standard InChI is InChI=1S/C34H66N4O3/c1-4-7-10-13-16-22-27-40-28-29-41-31-33-30-38(37-36-33)26-21-17-20-25-34(39)35-32(23-18-14-11-8-5-2)24-19-15-12-9-6-3/h30,32H,4-29,31H2,1-3H3,(H,35,39). The Morgan fingerprint density at radius 1 is 0.707 bits per heavy atom. The minimum Gasteiger partial charge on any atom is -0.379 e. The van der Waals surface area contributed by atoms with Gasteiger partial charge in [-0.15, -0.1) is 5.10 Å². The van der Waals surface area contributed by atoms with Gasteiger partial charge in [0.1, 0.15) is 5.69 Å². The molecule has 7 nitrogen and oxygen atoms in total. The van der Waals surface area contributed by atoms with Gasteiger partial charge in [0.25, 0.3) is 0 Å². The van der Waals surface area contributed by atoms with Crippen molar-refractivity contribution in [1.82, 2.24) is 20.3 Å². The Kier molecular flexibility index (Phi) is 26.2. The minimum atomic E-state index is 0.230. The topological polar surface area (TPSA) is 78.3 Å². The van der Waals surface area contributed by atoms with Crippen LogP contribution < -0.4 is 5.32 Å². The second-order valence-electron chi connectivity index (χ2n) is 11.9. The highest BCUT2D eigenvalue weighted by Crippen LogP contribution is 2.14. The molecule has 0 aliphatic carbocycles. The molecule has 0 unspecified atom stereocenters. The Balaban J connectivity index is 2.11.